The Kier molecular flexibility index (Phi) is 6.69. The highest BCUT2D eigenvalue weighted by atomic mass is 35.5. The van der Waals surface area contributed by atoms with Crippen LogP contribution in [-0.2, 0) is 12.3 Å². The number of aromatic nitrogens is 2. The monoisotopic (exact) mass is 351 g/mol. The van der Waals surface area contributed by atoms with Crippen molar-refractivity contribution in [3.05, 3.63) is 46.1 Å². The van der Waals surface area contributed by atoms with Crippen molar-refractivity contribution in [3.63, 3.8) is 0 Å². The van der Waals surface area contributed by atoms with E-state index in [0.717, 1.165) is 35.9 Å². The van der Waals surface area contributed by atoms with Crippen LogP contribution in [-0.4, -0.2) is 33.1 Å². The number of nitrogens with zero attached hydrogens (tertiary/aromatic N) is 3. The first kappa shape index (κ1) is 18.0. The SMILES string of the molecule is CCN(CC)Cc1ccc(Cl)c(CSc2nc(C)cc(O)n2)c1. The van der Waals surface area contributed by atoms with Gasteiger partial charge >= 0.3 is 0 Å². The molecule has 0 aliphatic carbocycles. The molecule has 124 valence electrons. The van der Waals surface area contributed by atoms with Crippen molar-refractivity contribution in [2.24, 2.45) is 0 Å². The van der Waals surface area contributed by atoms with Gasteiger partial charge in [0.2, 0.25) is 5.88 Å². The summed E-state index contributed by atoms with van der Waals surface area (Å²) in [5.74, 6) is 0.676. The Morgan fingerprint density at radius 1 is 1.17 bits per heavy atom. The van der Waals surface area contributed by atoms with Crippen molar-refractivity contribution < 1.29 is 5.11 Å². The number of halogens is 1. The van der Waals surface area contributed by atoms with E-state index in [1.54, 1.807) is 6.07 Å². The van der Waals surface area contributed by atoms with E-state index in [-0.39, 0.29) is 5.88 Å². The maximum Gasteiger partial charge on any atom is 0.215 e. The maximum atomic E-state index is 9.55. The molecule has 0 amide bonds. The lowest BCUT2D eigenvalue weighted by Crippen LogP contribution is -2.22. The standard InChI is InChI=1S/C17H22ClN3OS/c1-4-21(5-2)10-13-6-7-15(18)14(9-13)11-23-17-19-12(3)8-16(22)20-17/h6-9H,4-5,10-11H2,1-3H3,(H,19,20,22). The summed E-state index contributed by atoms with van der Waals surface area (Å²) in [5.41, 5.74) is 3.06. The first-order valence-corrected chi connectivity index (χ1v) is 9.05. The molecule has 0 saturated carbocycles. The van der Waals surface area contributed by atoms with Gasteiger partial charge in [-0.25, -0.2) is 4.98 Å². The van der Waals surface area contributed by atoms with Gasteiger partial charge in [0.05, 0.1) is 0 Å². The predicted molar refractivity (Wildman–Crippen MR) is 96.1 cm³/mol. The number of hydrogen-bond acceptors (Lipinski definition) is 5. The van der Waals surface area contributed by atoms with Crippen molar-refractivity contribution >= 4 is 23.4 Å². The minimum atomic E-state index is 0.00128. The molecule has 0 aliphatic rings. The fraction of sp³-hybridized carbons (Fsp3) is 0.412. The van der Waals surface area contributed by atoms with Gasteiger partial charge in [0.1, 0.15) is 0 Å². The molecule has 6 heteroatoms. The molecule has 0 saturated heterocycles. The molecule has 2 rings (SSSR count). The lowest BCUT2D eigenvalue weighted by atomic mass is 10.1. The minimum absolute atomic E-state index is 0.00128. The summed E-state index contributed by atoms with van der Waals surface area (Å²) in [6.07, 6.45) is 0. The number of benzene rings is 1. The van der Waals surface area contributed by atoms with E-state index in [0.29, 0.717) is 10.9 Å². The number of thioether (sulfide) groups is 1. The number of aromatic hydroxyl groups is 1. The molecule has 0 unspecified atom stereocenters. The average Bonchev–Trinajstić information content (AvgIpc) is 2.52. The van der Waals surface area contributed by atoms with Crippen molar-refractivity contribution in [2.75, 3.05) is 13.1 Å². The molecule has 0 atom stereocenters. The Balaban J connectivity index is 2.09. The van der Waals surface area contributed by atoms with Gasteiger partial charge in [0, 0.05) is 29.1 Å². The third-order valence-corrected chi connectivity index (χ3v) is 4.85. The number of rotatable bonds is 7. The van der Waals surface area contributed by atoms with Crippen LogP contribution in [0, 0.1) is 6.92 Å². The van der Waals surface area contributed by atoms with Gasteiger partial charge in [0.15, 0.2) is 5.16 Å². The molecule has 2 aromatic rings. The van der Waals surface area contributed by atoms with Crippen LogP contribution >= 0.6 is 23.4 Å². The molecule has 1 aromatic carbocycles. The quantitative estimate of drug-likeness (QED) is 0.596. The number of aryl methyl sites for hydroxylation is 1. The van der Waals surface area contributed by atoms with E-state index in [1.807, 2.05) is 13.0 Å². The molecular formula is C17H22ClN3OS. The van der Waals surface area contributed by atoms with Crippen LogP contribution in [0.3, 0.4) is 0 Å². The summed E-state index contributed by atoms with van der Waals surface area (Å²) in [6.45, 7) is 9.14. The molecule has 0 spiro atoms. The summed E-state index contributed by atoms with van der Waals surface area (Å²) < 4.78 is 0. The molecule has 0 radical (unpaired) electrons. The molecule has 1 N–H and O–H groups in total. The van der Waals surface area contributed by atoms with E-state index in [2.05, 4.69) is 40.8 Å². The summed E-state index contributed by atoms with van der Waals surface area (Å²) in [7, 11) is 0. The van der Waals surface area contributed by atoms with Crippen LogP contribution in [0.25, 0.3) is 0 Å². The molecule has 23 heavy (non-hydrogen) atoms. The third kappa shape index (κ3) is 5.37. The Morgan fingerprint density at radius 2 is 1.91 bits per heavy atom. The second-order valence-electron chi connectivity index (χ2n) is 5.33. The molecule has 0 fully saturated rings. The van der Waals surface area contributed by atoms with E-state index in [1.165, 1.54) is 17.3 Å². The molecular weight excluding hydrogens is 330 g/mol. The molecule has 1 heterocycles. The Hall–Kier alpha value is -1.30. The second-order valence-corrected chi connectivity index (χ2v) is 6.68. The third-order valence-electron chi connectivity index (χ3n) is 3.59. The summed E-state index contributed by atoms with van der Waals surface area (Å²) in [5, 5.41) is 10.9. The van der Waals surface area contributed by atoms with E-state index < -0.39 is 0 Å². The fourth-order valence-electron chi connectivity index (χ4n) is 2.27. The van der Waals surface area contributed by atoms with Gasteiger partial charge in [-0.1, -0.05) is 49.3 Å². The minimum Gasteiger partial charge on any atom is -0.493 e. The summed E-state index contributed by atoms with van der Waals surface area (Å²) in [6, 6.07) is 7.71. The number of hydrogen-bond donors (Lipinski definition) is 1. The van der Waals surface area contributed by atoms with Gasteiger partial charge in [-0.2, -0.15) is 4.98 Å². The van der Waals surface area contributed by atoms with Crippen LogP contribution in [0.15, 0.2) is 29.4 Å². The zero-order valence-electron chi connectivity index (χ0n) is 13.7. The molecule has 0 bridgehead atoms. The van der Waals surface area contributed by atoms with E-state index >= 15 is 0 Å². The van der Waals surface area contributed by atoms with Crippen molar-refractivity contribution in [3.8, 4) is 5.88 Å². The first-order chi connectivity index (χ1) is 11.0. The normalized spacial score (nSPS) is 11.2. The lowest BCUT2D eigenvalue weighted by Gasteiger charge is -2.18. The van der Waals surface area contributed by atoms with Crippen LogP contribution in [0.2, 0.25) is 5.02 Å². The van der Waals surface area contributed by atoms with Crippen molar-refractivity contribution in [2.45, 2.75) is 38.2 Å². The van der Waals surface area contributed by atoms with Gasteiger partial charge in [-0.15, -0.1) is 0 Å². The predicted octanol–water partition coefficient (Wildman–Crippen LogP) is 4.28. The van der Waals surface area contributed by atoms with Crippen LogP contribution in [0.4, 0.5) is 0 Å². The van der Waals surface area contributed by atoms with E-state index in [4.69, 9.17) is 11.6 Å². The molecule has 4 nitrogen and oxygen atoms in total. The van der Waals surface area contributed by atoms with Gasteiger partial charge in [-0.05, 0) is 37.2 Å². The largest absolute Gasteiger partial charge is 0.493 e. The van der Waals surface area contributed by atoms with Crippen molar-refractivity contribution in [1.29, 1.82) is 0 Å². The van der Waals surface area contributed by atoms with Gasteiger partial charge < -0.3 is 5.11 Å². The molecule has 0 aliphatic heterocycles. The highest BCUT2D eigenvalue weighted by Gasteiger charge is 2.08. The topological polar surface area (TPSA) is 49.2 Å². The van der Waals surface area contributed by atoms with Crippen LogP contribution < -0.4 is 0 Å². The fourth-order valence-corrected chi connectivity index (χ4v) is 3.43. The average molecular weight is 352 g/mol. The second kappa shape index (κ2) is 8.52. The van der Waals surface area contributed by atoms with E-state index in [9.17, 15) is 5.11 Å². The van der Waals surface area contributed by atoms with Gasteiger partial charge in [0.25, 0.3) is 0 Å². The zero-order chi connectivity index (χ0) is 16.8. The van der Waals surface area contributed by atoms with Crippen LogP contribution in [0.1, 0.15) is 30.7 Å². The summed E-state index contributed by atoms with van der Waals surface area (Å²) in [4.78, 5) is 10.7. The highest BCUT2D eigenvalue weighted by molar-refractivity contribution is 7.98. The Bertz CT molecular complexity index is 642. The summed E-state index contributed by atoms with van der Waals surface area (Å²) >= 11 is 7.79. The lowest BCUT2D eigenvalue weighted by molar-refractivity contribution is 0.296. The highest BCUT2D eigenvalue weighted by Crippen LogP contribution is 2.27. The Morgan fingerprint density at radius 3 is 2.57 bits per heavy atom. The molecule has 1 aromatic heterocycles. The van der Waals surface area contributed by atoms with Crippen molar-refractivity contribution in [1.82, 2.24) is 14.9 Å². The maximum absolute atomic E-state index is 9.55. The van der Waals surface area contributed by atoms with Crippen LogP contribution in [0.5, 0.6) is 5.88 Å². The first-order valence-electron chi connectivity index (χ1n) is 7.69. The van der Waals surface area contributed by atoms with Gasteiger partial charge in [-0.3, -0.25) is 4.90 Å². The smallest absolute Gasteiger partial charge is 0.215 e. The Labute approximate surface area is 146 Å². The zero-order valence-corrected chi connectivity index (χ0v) is 15.3.